The molecule has 23 heavy (non-hydrogen) atoms. The van der Waals surface area contributed by atoms with E-state index >= 15 is 0 Å². The van der Waals surface area contributed by atoms with E-state index in [1.807, 2.05) is 0 Å². The molecule has 0 aliphatic carbocycles. The summed E-state index contributed by atoms with van der Waals surface area (Å²) in [4.78, 5) is 2.05. The summed E-state index contributed by atoms with van der Waals surface area (Å²) in [5.41, 5.74) is 10.7. The lowest BCUT2D eigenvalue weighted by atomic mass is 10.2. The Balaban J connectivity index is 2.61. The van der Waals surface area contributed by atoms with Gasteiger partial charge in [-0.3, -0.25) is 0 Å². The molecule has 0 aliphatic heterocycles. The quantitative estimate of drug-likeness (QED) is 0.358. The van der Waals surface area contributed by atoms with Crippen molar-refractivity contribution in [3.63, 3.8) is 0 Å². The highest BCUT2D eigenvalue weighted by Crippen LogP contribution is 2.21. The average Bonchev–Trinajstić information content (AvgIpc) is 2.48. The third-order valence-electron chi connectivity index (χ3n) is 3.20. The van der Waals surface area contributed by atoms with E-state index < -0.39 is 24.1 Å². The SMILES string of the molecule is Cc1ccc(S(=O)(=O)C(=[N+]=[N-])S(=O)(=O)c2ccc(C)cc2)cc1. The van der Waals surface area contributed by atoms with Crippen LogP contribution in [0.1, 0.15) is 11.1 Å². The molecule has 0 atom stereocenters. The van der Waals surface area contributed by atoms with Crippen LogP contribution in [0.5, 0.6) is 0 Å². The van der Waals surface area contributed by atoms with Crippen LogP contribution in [0.2, 0.25) is 0 Å². The molecule has 0 N–H and O–H groups in total. The van der Waals surface area contributed by atoms with Crippen LogP contribution in [-0.2, 0) is 19.7 Å². The van der Waals surface area contributed by atoms with Gasteiger partial charge in [0.1, 0.15) is 0 Å². The zero-order chi connectivity index (χ0) is 17.3. The van der Waals surface area contributed by atoms with Gasteiger partial charge in [0.15, 0.2) is 0 Å². The minimum Gasteiger partial charge on any atom is -0.359 e. The summed E-state index contributed by atoms with van der Waals surface area (Å²) in [6.45, 7) is 3.53. The van der Waals surface area contributed by atoms with E-state index in [9.17, 15) is 16.8 Å². The van der Waals surface area contributed by atoms with Crippen molar-refractivity contribution in [2.75, 3.05) is 0 Å². The van der Waals surface area contributed by atoms with Crippen molar-refractivity contribution in [2.45, 2.75) is 23.6 Å². The van der Waals surface area contributed by atoms with Crippen molar-refractivity contribution in [1.82, 2.24) is 0 Å². The van der Waals surface area contributed by atoms with Gasteiger partial charge in [-0.2, -0.15) is 0 Å². The fourth-order valence-electron chi connectivity index (χ4n) is 1.89. The minimum absolute atomic E-state index is 0.258. The van der Waals surface area contributed by atoms with Crippen LogP contribution in [0.3, 0.4) is 0 Å². The molecule has 0 fully saturated rings. The Morgan fingerprint density at radius 2 is 1.04 bits per heavy atom. The first-order chi connectivity index (χ1) is 10.7. The maximum atomic E-state index is 12.5. The molecule has 0 spiro atoms. The standard InChI is InChI=1S/C15H14N2O4S2/c1-11-3-7-13(8-4-11)22(18,19)15(17-16)23(20,21)14-9-5-12(2)6-10-14/h3-10H,1-2H3. The molecule has 0 amide bonds. The molecule has 0 saturated carbocycles. The molecule has 0 aliphatic rings. The molecule has 0 saturated heterocycles. The Morgan fingerprint density at radius 3 is 1.30 bits per heavy atom. The topological polar surface area (TPSA) is 105 Å². The number of rotatable bonds is 2. The summed E-state index contributed by atoms with van der Waals surface area (Å²) in [6.07, 6.45) is 0. The molecule has 0 heterocycles. The summed E-state index contributed by atoms with van der Waals surface area (Å²) in [5.74, 6) is 0. The third kappa shape index (κ3) is 3.24. The molecule has 8 heteroatoms. The average molecular weight is 350 g/mol. The summed E-state index contributed by atoms with van der Waals surface area (Å²) >= 11 is 0. The van der Waals surface area contributed by atoms with Crippen LogP contribution < -0.4 is 0 Å². The Labute approximate surface area is 134 Å². The molecule has 2 aromatic rings. The third-order valence-corrected chi connectivity index (χ3v) is 7.39. The maximum Gasteiger partial charge on any atom is 0.504 e. The van der Waals surface area contributed by atoms with Gasteiger partial charge in [-0.05, 0) is 38.1 Å². The van der Waals surface area contributed by atoms with Gasteiger partial charge >= 0.3 is 4.38 Å². The highest BCUT2D eigenvalue weighted by molar-refractivity contribution is 8.31. The van der Waals surface area contributed by atoms with Crippen LogP contribution in [0.25, 0.3) is 5.53 Å². The molecule has 0 unspecified atom stereocenters. The van der Waals surface area contributed by atoms with Gasteiger partial charge in [0, 0.05) is 0 Å². The Bertz CT molecular complexity index is 907. The number of hydrogen-bond donors (Lipinski definition) is 0. The predicted octanol–water partition coefficient (Wildman–Crippen LogP) is 2.14. The smallest absolute Gasteiger partial charge is 0.359 e. The Morgan fingerprint density at radius 1 is 0.739 bits per heavy atom. The molecule has 0 aromatic heterocycles. The second kappa shape index (κ2) is 6.08. The van der Waals surface area contributed by atoms with Gasteiger partial charge in [-0.15, -0.1) is 4.79 Å². The van der Waals surface area contributed by atoms with E-state index in [2.05, 4.69) is 4.79 Å². The van der Waals surface area contributed by atoms with Gasteiger partial charge in [0.05, 0.1) is 9.79 Å². The van der Waals surface area contributed by atoms with E-state index in [-0.39, 0.29) is 9.79 Å². The lowest BCUT2D eigenvalue weighted by Crippen LogP contribution is -2.26. The number of benzene rings is 2. The maximum absolute atomic E-state index is 12.5. The molecule has 0 radical (unpaired) electrons. The Kier molecular flexibility index (Phi) is 4.51. The van der Waals surface area contributed by atoms with Gasteiger partial charge in [-0.1, -0.05) is 35.4 Å². The number of aryl methyl sites for hydroxylation is 2. The highest BCUT2D eigenvalue weighted by atomic mass is 32.3. The fourth-order valence-corrected chi connectivity index (χ4v) is 5.23. The normalized spacial score (nSPS) is 11.7. The van der Waals surface area contributed by atoms with Crippen LogP contribution >= 0.6 is 0 Å². The van der Waals surface area contributed by atoms with Gasteiger partial charge < -0.3 is 5.53 Å². The first kappa shape index (κ1) is 17.1. The molecular weight excluding hydrogens is 336 g/mol. The van der Waals surface area contributed by atoms with Crippen molar-refractivity contribution >= 4 is 24.1 Å². The number of nitrogens with zero attached hydrogens (tertiary/aromatic N) is 2. The number of hydrogen-bond acceptors (Lipinski definition) is 4. The van der Waals surface area contributed by atoms with E-state index in [4.69, 9.17) is 5.53 Å². The lowest BCUT2D eigenvalue weighted by molar-refractivity contribution is 0.00380. The Hall–Kier alpha value is -2.28. The van der Waals surface area contributed by atoms with Crippen molar-refractivity contribution < 1.29 is 21.6 Å². The van der Waals surface area contributed by atoms with E-state index in [1.54, 1.807) is 13.8 Å². The highest BCUT2D eigenvalue weighted by Gasteiger charge is 2.43. The minimum atomic E-state index is -4.47. The monoisotopic (exact) mass is 350 g/mol. The molecule has 2 aromatic carbocycles. The van der Waals surface area contributed by atoms with Gasteiger partial charge in [-0.25, -0.2) is 16.8 Å². The van der Waals surface area contributed by atoms with Gasteiger partial charge in [0.2, 0.25) is 0 Å². The zero-order valence-electron chi connectivity index (χ0n) is 12.5. The molecule has 0 bridgehead atoms. The van der Waals surface area contributed by atoms with Crippen molar-refractivity contribution in [2.24, 2.45) is 0 Å². The molecule has 120 valence electrons. The zero-order valence-corrected chi connectivity index (χ0v) is 14.1. The van der Waals surface area contributed by atoms with E-state index in [0.717, 1.165) is 11.1 Å². The van der Waals surface area contributed by atoms with Crippen molar-refractivity contribution in [3.05, 3.63) is 65.2 Å². The van der Waals surface area contributed by atoms with E-state index in [0.29, 0.717) is 0 Å². The largest absolute Gasteiger partial charge is 0.504 e. The summed E-state index contributed by atoms with van der Waals surface area (Å²) in [7, 11) is -8.94. The first-order valence-electron chi connectivity index (χ1n) is 6.55. The molecule has 2 rings (SSSR count). The van der Waals surface area contributed by atoms with Crippen LogP contribution in [0.4, 0.5) is 0 Å². The molecule has 6 nitrogen and oxygen atoms in total. The summed E-state index contributed by atoms with van der Waals surface area (Å²) in [5, 5.41) is 0. The second-order valence-corrected chi connectivity index (χ2v) is 8.99. The summed E-state index contributed by atoms with van der Waals surface area (Å²) in [6, 6.07) is 11.2. The van der Waals surface area contributed by atoms with Crippen LogP contribution in [0, 0.1) is 13.8 Å². The fraction of sp³-hybridized carbons (Fsp3) is 0.133. The van der Waals surface area contributed by atoms with Crippen molar-refractivity contribution in [1.29, 1.82) is 0 Å². The predicted molar refractivity (Wildman–Crippen MR) is 85.4 cm³/mol. The van der Waals surface area contributed by atoms with E-state index in [1.165, 1.54) is 48.5 Å². The second-order valence-electron chi connectivity index (χ2n) is 5.00. The van der Waals surface area contributed by atoms with Crippen LogP contribution in [0.15, 0.2) is 58.3 Å². The summed E-state index contributed by atoms with van der Waals surface area (Å²) < 4.78 is 48.7. The lowest BCUT2D eigenvalue weighted by Gasteiger charge is -2.03. The van der Waals surface area contributed by atoms with Gasteiger partial charge in [0.25, 0.3) is 19.7 Å². The number of sulfone groups is 2. The molecular formula is C15H14N2O4S2. The van der Waals surface area contributed by atoms with Crippen LogP contribution in [-0.4, -0.2) is 26.0 Å². The van der Waals surface area contributed by atoms with Crippen molar-refractivity contribution in [3.8, 4) is 0 Å². The first-order valence-corrected chi connectivity index (χ1v) is 9.52.